The highest BCUT2D eigenvalue weighted by molar-refractivity contribution is 5.80. The molecule has 0 aromatic carbocycles. The zero-order valence-corrected chi connectivity index (χ0v) is 5.89. The van der Waals surface area contributed by atoms with Crippen LogP contribution in [-0.4, -0.2) is 25.0 Å². The molecule has 2 atom stereocenters. The van der Waals surface area contributed by atoms with Crippen molar-refractivity contribution < 1.29 is 4.79 Å². The number of nitrogens with one attached hydrogen (secondary N) is 2. The van der Waals surface area contributed by atoms with Crippen LogP contribution in [0.1, 0.15) is 12.8 Å². The van der Waals surface area contributed by atoms with Crippen molar-refractivity contribution in [2.75, 3.05) is 13.1 Å². The Morgan fingerprint density at radius 1 is 1.30 bits per heavy atom. The lowest BCUT2D eigenvalue weighted by molar-refractivity contribution is -0.126. The molecule has 2 N–H and O–H groups in total. The summed E-state index contributed by atoms with van der Waals surface area (Å²) in [5.41, 5.74) is 0. The van der Waals surface area contributed by atoms with E-state index in [1.165, 1.54) is 0 Å². The molecule has 10 heavy (non-hydrogen) atoms. The highest BCUT2D eigenvalue weighted by Crippen LogP contribution is 2.20. The van der Waals surface area contributed by atoms with Gasteiger partial charge in [-0.05, 0) is 19.4 Å². The van der Waals surface area contributed by atoms with E-state index < -0.39 is 0 Å². The van der Waals surface area contributed by atoms with Gasteiger partial charge in [-0.15, -0.1) is 0 Å². The van der Waals surface area contributed by atoms with Gasteiger partial charge in [-0.1, -0.05) is 0 Å². The largest absolute Gasteiger partial charge is 0.356 e. The van der Waals surface area contributed by atoms with Gasteiger partial charge in [0.15, 0.2) is 0 Å². The molecule has 1 amide bonds. The maximum Gasteiger partial charge on any atom is 0.224 e. The molecule has 0 spiro atoms. The molecular formula is C7H12N2O. The second-order valence-electron chi connectivity index (χ2n) is 3.04. The second kappa shape index (κ2) is 2.23. The van der Waals surface area contributed by atoms with Crippen molar-refractivity contribution in [2.45, 2.75) is 18.9 Å². The number of piperidine rings is 1. The van der Waals surface area contributed by atoms with Crippen LogP contribution in [0.5, 0.6) is 0 Å². The number of carbonyl (C=O) groups excluding carboxylic acids is 1. The van der Waals surface area contributed by atoms with E-state index in [1.54, 1.807) is 0 Å². The molecule has 2 aliphatic rings. The maximum atomic E-state index is 11.1. The minimum atomic E-state index is 0.251. The van der Waals surface area contributed by atoms with Gasteiger partial charge in [-0.3, -0.25) is 4.79 Å². The maximum absolute atomic E-state index is 11.1. The third-order valence-corrected chi connectivity index (χ3v) is 2.44. The second-order valence-corrected chi connectivity index (χ2v) is 3.04. The van der Waals surface area contributed by atoms with Gasteiger partial charge in [0.25, 0.3) is 0 Å². The quantitative estimate of drug-likeness (QED) is 0.475. The standard InChI is InChI=1S/C7H12N2O/c10-7-5-1-3-8-6(5)2-4-9-7/h5-6,8H,1-4H2,(H,9,10)/t5-,6+/m0/s1. The summed E-state index contributed by atoms with van der Waals surface area (Å²) in [4.78, 5) is 11.1. The summed E-state index contributed by atoms with van der Waals surface area (Å²) < 4.78 is 0. The number of hydrogen-bond donors (Lipinski definition) is 2. The summed E-state index contributed by atoms with van der Waals surface area (Å²) in [5.74, 6) is 0.523. The van der Waals surface area contributed by atoms with Gasteiger partial charge in [-0.2, -0.15) is 0 Å². The monoisotopic (exact) mass is 140 g/mol. The summed E-state index contributed by atoms with van der Waals surface area (Å²) in [6, 6.07) is 0.480. The molecule has 0 radical (unpaired) electrons. The topological polar surface area (TPSA) is 41.1 Å². The van der Waals surface area contributed by atoms with Gasteiger partial charge in [0.2, 0.25) is 5.91 Å². The molecule has 0 aliphatic carbocycles. The Balaban J connectivity index is 2.10. The summed E-state index contributed by atoms with van der Waals surface area (Å²) in [7, 11) is 0. The fourth-order valence-corrected chi connectivity index (χ4v) is 1.87. The lowest BCUT2D eigenvalue weighted by Gasteiger charge is -2.24. The fraction of sp³-hybridized carbons (Fsp3) is 0.857. The molecule has 2 aliphatic heterocycles. The van der Waals surface area contributed by atoms with Gasteiger partial charge < -0.3 is 10.6 Å². The predicted octanol–water partition coefficient (Wildman–Crippen LogP) is -0.516. The van der Waals surface area contributed by atoms with Crippen LogP contribution in [0.4, 0.5) is 0 Å². The number of fused-ring (bicyclic) bond motifs is 1. The van der Waals surface area contributed by atoms with Crippen LogP contribution in [0, 0.1) is 5.92 Å². The van der Waals surface area contributed by atoms with Gasteiger partial charge in [0.05, 0.1) is 5.92 Å². The van der Waals surface area contributed by atoms with E-state index in [2.05, 4.69) is 10.6 Å². The normalized spacial score (nSPS) is 39.0. The predicted molar refractivity (Wildman–Crippen MR) is 37.5 cm³/mol. The van der Waals surface area contributed by atoms with E-state index in [4.69, 9.17) is 0 Å². The SMILES string of the molecule is O=C1NCC[C@H]2NCC[C@H]12. The van der Waals surface area contributed by atoms with Crippen LogP contribution in [0.2, 0.25) is 0 Å². The molecule has 2 heterocycles. The Labute approximate surface area is 60.2 Å². The van der Waals surface area contributed by atoms with E-state index in [-0.39, 0.29) is 11.8 Å². The zero-order chi connectivity index (χ0) is 6.97. The van der Waals surface area contributed by atoms with E-state index in [0.717, 1.165) is 25.9 Å². The first-order valence-electron chi connectivity index (χ1n) is 3.89. The number of carbonyl (C=O) groups is 1. The molecule has 56 valence electrons. The molecule has 2 saturated heterocycles. The first-order valence-corrected chi connectivity index (χ1v) is 3.89. The molecule has 0 bridgehead atoms. The smallest absolute Gasteiger partial charge is 0.224 e. The Hall–Kier alpha value is -0.570. The van der Waals surface area contributed by atoms with Crippen molar-refractivity contribution in [3.63, 3.8) is 0 Å². The molecule has 0 saturated carbocycles. The van der Waals surface area contributed by atoms with Gasteiger partial charge in [0.1, 0.15) is 0 Å². The Kier molecular flexibility index (Phi) is 1.38. The van der Waals surface area contributed by atoms with Crippen LogP contribution in [0.15, 0.2) is 0 Å². The highest BCUT2D eigenvalue weighted by Gasteiger charge is 2.34. The molecule has 0 unspecified atom stereocenters. The molecule has 3 nitrogen and oxygen atoms in total. The van der Waals surface area contributed by atoms with Crippen molar-refractivity contribution >= 4 is 5.91 Å². The molecular weight excluding hydrogens is 128 g/mol. The summed E-state index contributed by atoms with van der Waals surface area (Å²) >= 11 is 0. The van der Waals surface area contributed by atoms with Crippen LogP contribution in [0.3, 0.4) is 0 Å². The van der Waals surface area contributed by atoms with Crippen molar-refractivity contribution in [3.8, 4) is 0 Å². The average molecular weight is 140 g/mol. The summed E-state index contributed by atoms with van der Waals surface area (Å²) in [5, 5.41) is 6.20. The third-order valence-electron chi connectivity index (χ3n) is 2.44. The van der Waals surface area contributed by atoms with Gasteiger partial charge >= 0.3 is 0 Å². The third kappa shape index (κ3) is 0.814. The van der Waals surface area contributed by atoms with Crippen LogP contribution in [-0.2, 0) is 4.79 Å². The zero-order valence-electron chi connectivity index (χ0n) is 5.89. The molecule has 3 heteroatoms. The minimum Gasteiger partial charge on any atom is -0.356 e. The Morgan fingerprint density at radius 2 is 2.20 bits per heavy atom. The van der Waals surface area contributed by atoms with Crippen LogP contribution >= 0.6 is 0 Å². The Bertz CT molecular complexity index is 158. The highest BCUT2D eigenvalue weighted by atomic mass is 16.2. The summed E-state index contributed by atoms with van der Waals surface area (Å²) in [6.07, 6.45) is 2.13. The van der Waals surface area contributed by atoms with Crippen molar-refractivity contribution in [1.29, 1.82) is 0 Å². The van der Waals surface area contributed by atoms with E-state index in [9.17, 15) is 4.79 Å². The van der Waals surface area contributed by atoms with E-state index in [0.29, 0.717) is 6.04 Å². The Morgan fingerprint density at radius 3 is 3.00 bits per heavy atom. The number of rotatable bonds is 0. The van der Waals surface area contributed by atoms with Crippen molar-refractivity contribution in [1.82, 2.24) is 10.6 Å². The first-order chi connectivity index (χ1) is 4.88. The van der Waals surface area contributed by atoms with Crippen molar-refractivity contribution in [2.24, 2.45) is 5.92 Å². The van der Waals surface area contributed by atoms with Crippen LogP contribution < -0.4 is 10.6 Å². The lowest BCUT2D eigenvalue weighted by Crippen LogP contribution is -2.45. The number of hydrogen-bond acceptors (Lipinski definition) is 2. The first kappa shape index (κ1) is 6.16. The fourth-order valence-electron chi connectivity index (χ4n) is 1.87. The van der Waals surface area contributed by atoms with Crippen molar-refractivity contribution in [3.05, 3.63) is 0 Å². The molecule has 2 rings (SSSR count). The van der Waals surface area contributed by atoms with E-state index >= 15 is 0 Å². The van der Waals surface area contributed by atoms with Crippen LogP contribution in [0.25, 0.3) is 0 Å². The molecule has 0 aromatic rings. The average Bonchev–Trinajstić information content (AvgIpc) is 2.36. The minimum absolute atomic E-state index is 0.251. The lowest BCUT2D eigenvalue weighted by atomic mass is 9.94. The molecule has 0 aromatic heterocycles. The number of amides is 1. The molecule has 2 fully saturated rings. The van der Waals surface area contributed by atoms with Gasteiger partial charge in [0, 0.05) is 12.6 Å². The van der Waals surface area contributed by atoms with E-state index in [1.807, 2.05) is 0 Å². The summed E-state index contributed by atoms with van der Waals surface area (Å²) in [6.45, 7) is 1.87. The van der Waals surface area contributed by atoms with Gasteiger partial charge in [-0.25, -0.2) is 0 Å².